The van der Waals surface area contributed by atoms with Crippen molar-refractivity contribution < 1.29 is 9.72 Å². The van der Waals surface area contributed by atoms with Crippen molar-refractivity contribution in [3.63, 3.8) is 0 Å². The van der Waals surface area contributed by atoms with Crippen LogP contribution in [0.15, 0.2) is 83.9 Å². The number of carbonyl (C=O) groups excluding carboxylic acids is 1. The van der Waals surface area contributed by atoms with Crippen molar-refractivity contribution >= 4 is 46.0 Å². The number of anilines is 2. The average Bonchev–Trinajstić information content (AvgIpc) is 2.90. The maximum absolute atomic E-state index is 13.2. The van der Waals surface area contributed by atoms with E-state index in [0.29, 0.717) is 11.4 Å². The topological polar surface area (TPSA) is 99.9 Å². The van der Waals surface area contributed by atoms with Crippen molar-refractivity contribution in [2.45, 2.75) is 6.17 Å². The SMILES string of the molecule is CN1C(=O)C(NC(=S)Nc2cccc([N+](=O)[O-])c2)N=C(c2ccccc2)c2ccccc21. The largest absolute Gasteiger partial charge is 0.333 e. The highest BCUT2D eigenvalue weighted by Crippen LogP contribution is 2.27. The molecule has 1 atom stereocenters. The highest BCUT2D eigenvalue weighted by atomic mass is 32.1. The summed E-state index contributed by atoms with van der Waals surface area (Å²) in [6.07, 6.45) is -0.985. The van der Waals surface area contributed by atoms with Gasteiger partial charge in [0.15, 0.2) is 5.11 Å². The van der Waals surface area contributed by atoms with Crippen molar-refractivity contribution in [1.29, 1.82) is 0 Å². The molecule has 1 heterocycles. The summed E-state index contributed by atoms with van der Waals surface area (Å²) in [5.74, 6) is -0.286. The second-order valence-electron chi connectivity index (χ2n) is 7.07. The van der Waals surface area contributed by atoms with Crippen molar-refractivity contribution in [1.82, 2.24) is 5.32 Å². The summed E-state index contributed by atoms with van der Waals surface area (Å²) in [5.41, 5.74) is 3.46. The Hall–Kier alpha value is -4.11. The Morgan fingerprint density at radius 2 is 1.78 bits per heavy atom. The van der Waals surface area contributed by atoms with E-state index < -0.39 is 11.1 Å². The lowest BCUT2D eigenvalue weighted by atomic mass is 10.0. The minimum Gasteiger partial charge on any atom is -0.333 e. The molecule has 3 aromatic rings. The van der Waals surface area contributed by atoms with Gasteiger partial charge < -0.3 is 15.5 Å². The number of hydrogen-bond donors (Lipinski definition) is 2. The number of carbonyl (C=O) groups is 1. The number of nitro groups is 1. The maximum Gasteiger partial charge on any atom is 0.272 e. The van der Waals surface area contributed by atoms with Crippen molar-refractivity contribution in [2.75, 3.05) is 17.3 Å². The first kappa shape index (κ1) is 21.1. The molecule has 0 fully saturated rings. The summed E-state index contributed by atoms with van der Waals surface area (Å²) in [6.45, 7) is 0. The molecule has 1 amide bonds. The molecule has 8 nitrogen and oxygen atoms in total. The van der Waals surface area contributed by atoms with Crippen LogP contribution in [-0.2, 0) is 4.79 Å². The number of likely N-dealkylation sites (N-methyl/N-ethyl adjacent to an activating group) is 1. The average molecular weight is 446 g/mol. The van der Waals surface area contributed by atoms with E-state index in [4.69, 9.17) is 17.2 Å². The van der Waals surface area contributed by atoms with Gasteiger partial charge in [-0.1, -0.05) is 54.6 Å². The Balaban J connectivity index is 1.66. The van der Waals surface area contributed by atoms with E-state index >= 15 is 0 Å². The van der Waals surface area contributed by atoms with Gasteiger partial charge in [0.25, 0.3) is 11.6 Å². The molecule has 0 spiro atoms. The van der Waals surface area contributed by atoms with Crippen molar-refractivity contribution in [2.24, 2.45) is 4.99 Å². The zero-order valence-electron chi connectivity index (χ0n) is 17.1. The molecule has 0 saturated heterocycles. The summed E-state index contributed by atoms with van der Waals surface area (Å²) >= 11 is 5.37. The Labute approximate surface area is 189 Å². The quantitative estimate of drug-likeness (QED) is 0.361. The molecule has 1 unspecified atom stereocenters. The lowest BCUT2D eigenvalue weighted by Gasteiger charge is -2.21. The molecule has 32 heavy (non-hydrogen) atoms. The number of non-ortho nitro benzene ring substituents is 1. The Morgan fingerprint density at radius 1 is 1.06 bits per heavy atom. The third-order valence-corrected chi connectivity index (χ3v) is 5.19. The number of benzodiazepines with no additional fused rings is 1. The number of amides is 1. The first-order valence-corrected chi connectivity index (χ1v) is 10.2. The van der Waals surface area contributed by atoms with E-state index in [1.807, 2.05) is 54.6 Å². The lowest BCUT2D eigenvalue weighted by Crippen LogP contribution is -2.47. The first-order chi connectivity index (χ1) is 15.4. The van der Waals surface area contributed by atoms with Gasteiger partial charge in [0, 0.05) is 36.0 Å². The number of nitrogens with zero attached hydrogens (tertiary/aromatic N) is 3. The van der Waals surface area contributed by atoms with E-state index in [0.717, 1.165) is 16.8 Å². The molecule has 1 aliphatic heterocycles. The molecule has 0 saturated carbocycles. The molecule has 2 N–H and O–H groups in total. The van der Waals surface area contributed by atoms with Crippen molar-refractivity contribution in [3.8, 4) is 0 Å². The molecular formula is C23H19N5O3S. The number of nitro benzene ring substituents is 1. The number of rotatable bonds is 4. The number of thiocarbonyl (C=S) groups is 1. The van der Waals surface area contributed by atoms with Crippen LogP contribution in [0.3, 0.4) is 0 Å². The number of fused-ring (bicyclic) bond motifs is 1. The predicted octanol–water partition coefficient (Wildman–Crippen LogP) is 3.72. The number of hydrogen-bond acceptors (Lipinski definition) is 5. The van der Waals surface area contributed by atoms with Gasteiger partial charge in [-0.15, -0.1) is 0 Å². The van der Waals surface area contributed by atoms with Gasteiger partial charge in [0.2, 0.25) is 6.17 Å². The minimum atomic E-state index is -0.985. The number of benzene rings is 3. The molecule has 1 aliphatic rings. The number of nitrogens with one attached hydrogen (secondary N) is 2. The summed E-state index contributed by atoms with van der Waals surface area (Å²) in [4.78, 5) is 30.0. The van der Waals surface area contributed by atoms with Gasteiger partial charge in [-0.05, 0) is 24.4 Å². The second kappa shape index (κ2) is 8.94. The molecule has 0 radical (unpaired) electrons. The van der Waals surface area contributed by atoms with E-state index in [1.165, 1.54) is 12.1 Å². The summed E-state index contributed by atoms with van der Waals surface area (Å²) in [5, 5.41) is 17.0. The fourth-order valence-corrected chi connectivity index (χ4v) is 3.66. The number of aliphatic imine (C=N–C) groups is 1. The molecule has 9 heteroatoms. The van der Waals surface area contributed by atoms with Crippen LogP contribution in [-0.4, -0.2) is 34.9 Å². The van der Waals surface area contributed by atoms with Gasteiger partial charge in [-0.25, -0.2) is 4.99 Å². The van der Waals surface area contributed by atoms with Gasteiger partial charge in [-0.3, -0.25) is 14.9 Å². The van der Waals surface area contributed by atoms with Crippen LogP contribution >= 0.6 is 12.2 Å². The predicted molar refractivity (Wildman–Crippen MR) is 128 cm³/mol. The van der Waals surface area contributed by atoms with Crippen molar-refractivity contribution in [3.05, 3.63) is 100 Å². The Morgan fingerprint density at radius 3 is 2.53 bits per heavy atom. The molecule has 0 aliphatic carbocycles. The van der Waals surface area contributed by atoms with Gasteiger partial charge in [0.1, 0.15) is 0 Å². The summed E-state index contributed by atoms with van der Waals surface area (Å²) < 4.78 is 0. The van der Waals surface area contributed by atoms with Crippen LogP contribution in [0.2, 0.25) is 0 Å². The fourth-order valence-electron chi connectivity index (χ4n) is 3.43. The summed E-state index contributed by atoms with van der Waals surface area (Å²) in [7, 11) is 1.69. The van der Waals surface area contributed by atoms with E-state index in [9.17, 15) is 14.9 Å². The maximum atomic E-state index is 13.2. The van der Waals surface area contributed by atoms with Gasteiger partial charge >= 0.3 is 0 Å². The smallest absolute Gasteiger partial charge is 0.272 e. The Kier molecular flexibility index (Phi) is 5.91. The van der Waals surface area contributed by atoms with Gasteiger partial charge in [-0.2, -0.15) is 0 Å². The van der Waals surface area contributed by atoms with Crippen LogP contribution in [0.5, 0.6) is 0 Å². The van der Waals surface area contributed by atoms with Crippen LogP contribution in [0, 0.1) is 10.1 Å². The molecule has 3 aromatic carbocycles. The monoisotopic (exact) mass is 445 g/mol. The molecule has 0 aromatic heterocycles. The number of para-hydroxylation sites is 1. The van der Waals surface area contributed by atoms with E-state index in [1.54, 1.807) is 24.1 Å². The summed E-state index contributed by atoms with van der Waals surface area (Å²) in [6, 6.07) is 23.1. The third kappa shape index (κ3) is 4.33. The lowest BCUT2D eigenvalue weighted by molar-refractivity contribution is -0.384. The third-order valence-electron chi connectivity index (χ3n) is 4.97. The standard InChI is InChI=1S/C23H19N5O3S/c1-27-19-13-6-5-12-18(19)20(15-8-3-2-4-9-15)25-21(22(27)29)26-23(32)24-16-10-7-11-17(14-16)28(30)31/h2-14,21H,1H3,(H2,24,26,32). The van der Waals surface area contributed by atoms with Crippen LogP contribution in [0.4, 0.5) is 17.1 Å². The zero-order chi connectivity index (χ0) is 22.7. The van der Waals surface area contributed by atoms with Gasteiger partial charge in [0.05, 0.1) is 16.3 Å². The van der Waals surface area contributed by atoms with E-state index in [-0.39, 0.29) is 16.7 Å². The fraction of sp³-hybridized carbons (Fsp3) is 0.0870. The molecule has 160 valence electrons. The van der Waals surface area contributed by atoms with E-state index in [2.05, 4.69) is 10.6 Å². The molecule has 0 bridgehead atoms. The highest BCUT2D eigenvalue weighted by molar-refractivity contribution is 7.80. The van der Waals surface area contributed by atoms with Crippen LogP contribution < -0.4 is 15.5 Å². The molecule has 4 rings (SSSR count). The zero-order valence-corrected chi connectivity index (χ0v) is 17.9. The highest BCUT2D eigenvalue weighted by Gasteiger charge is 2.30. The normalized spacial score (nSPS) is 15.3. The van der Waals surface area contributed by atoms with Crippen LogP contribution in [0.25, 0.3) is 0 Å². The minimum absolute atomic E-state index is 0.0667. The second-order valence-corrected chi connectivity index (χ2v) is 7.47. The molecular weight excluding hydrogens is 426 g/mol. The first-order valence-electron chi connectivity index (χ1n) is 9.76. The van der Waals surface area contributed by atoms with Crippen LogP contribution in [0.1, 0.15) is 11.1 Å². The Bertz CT molecular complexity index is 1230.